The van der Waals surface area contributed by atoms with E-state index in [9.17, 15) is 9.59 Å². The zero-order valence-corrected chi connectivity index (χ0v) is 14.7. The van der Waals surface area contributed by atoms with Gasteiger partial charge in [-0.2, -0.15) is 0 Å². The lowest BCUT2D eigenvalue weighted by Crippen LogP contribution is -2.27. The van der Waals surface area contributed by atoms with E-state index >= 15 is 0 Å². The predicted octanol–water partition coefficient (Wildman–Crippen LogP) is 2.81. The second-order valence-corrected chi connectivity index (χ2v) is 6.67. The molecule has 132 valence electrons. The van der Waals surface area contributed by atoms with Crippen LogP contribution >= 0.6 is 11.6 Å². The first-order chi connectivity index (χ1) is 12.6. The number of hydrogen-bond donors (Lipinski definition) is 2. The van der Waals surface area contributed by atoms with E-state index in [4.69, 9.17) is 11.6 Å². The topological polar surface area (TPSA) is 75.5 Å². The number of hydrogen-bond acceptors (Lipinski definition) is 3. The van der Waals surface area contributed by atoms with E-state index in [1.807, 2.05) is 24.3 Å². The highest BCUT2D eigenvalue weighted by atomic mass is 35.5. The molecule has 0 spiro atoms. The predicted molar refractivity (Wildman–Crippen MR) is 98.3 cm³/mol. The maximum atomic E-state index is 12.6. The van der Waals surface area contributed by atoms with Crippen molar-refractivity contribution in [1.29, 1.82) is 0 Å². The normalized spacial score (nSPS) is 13.6. The highest BCUT2D eigenvalue weighted by molar-refractivity contribution is 6.31. The Morgan fingerprint density at radius 2 is 1.88 bits per heavy atom. The van der Waals surface area contributed by atoms with Crippen molar-refractivity contribution in [2.24, 2.45) is 0 Å². The van der Waals surface area contributed by atoms with Crippen LogP contribution in [0.2, 0.25) is 5.02 Å². The van der Waals surface area contributed by atoms with Crippen molar-refractivity contribution in [3.05, 3.63) is 70.8 Å². The van der Waals surface area contributed by atoms with Crippen molar-refractivity contribution in [1.82, 2.24) is 20.0 Å². The van der Waals surface area contributed by atoms with Gasteiger partial charge in [-0.1, -0.05) is 35.9 Å². The first-order valence-electron chi connectivity index (χ1n) is 8.43. The van der Waals surface area contributed by atoms with Gasteiger partial charge in [0.25, 0.3) is 11.8 Å². The largest absolute Gasteiger partial charge is 0.348 e. The van der Waals surface area contributed by atoms with E-state index < -0.39 is 0 Å². The number of nitrogens with one attached hydrogen (secondary N) is 2. The van der Waals surface area contributed by atoms with Crippen LogP contribution in [0, 0.1) is 0 Å². The molecular formula is C19H17ClN4O2. The van der Waals surface area contributed by atoms with Gasteiger partial charge < -0.3 is 10.6 Å². The molecule has 0 atom stereocenters. The summed E-state index contributed by atoms with van der Waals surface area (Å²) in [5.74, 6) is -0.438. The standard InChI is InChI=1S/C19H17ClN4O2/c20-14-6-2-1-5-12(14)11-21-19(26)17-23-16(18(25)22-13-8-9-13)15-7-3-4-10-24(15)17/h1-7,10,13H,8-9,11H2,(H,21,26)(H,22,25). The van der Waals surface area contributed by atoms with Crippen molar-refractivity contribution < 1.29 is 9.59 Å². The maximum Gasteiger partial charge on any atom is 0.287 e. The molecule has 1 aliphatic carbocycles. The third kappa shape index (κ3) is 3.28. The van der Waals surface area contributed by atoms with E-state index in [1.165, 1.54) is 0 Å². The first kappa shape index (κ1) is 16.6. The molecule has 1 aromatic carbocycles. The number of pyridine rings is 1. The number of carbonyl (C=O) groups is 2. The molecule has 0 aliphatic heterocycles. The number of aromatic nitrogens is 2. The SMILES string of the molecule is O=C(NC1CC1)c1nc(C(=O)NCc2ccccc2Cl)n2ccccc12. The first-order valence-corrected chi connectivity index (χ1v) is 8.81. The molecule has 4 rings (SSSR count). The minimum atomic E-state index is -0.364. The van der Waals surface area contributed by atoms with Crippen LogP contribution in [0.4, 0.5) is 0 Å². The van der Waals surface area contributed by atoms with Crippen LogP contribution < -0.4 is 10.6 Å². The lowest BCUT2D eigenvalue weighted by Gasteiger charge is -2.06. The molecule has 1 aliphatic rings. The van der Waals surface area contributed by atoms with Gasteiger partial charge in [-0.25, -0.2) is 4.98 Å². The summed E-state index contributed by atoms with van der Waals surface area (Å²) in [5.41, 5.74) is 1.68. The zero-order valence-electron chi connectivity index (χ0n) is 13.9. The van der Waals surface area contributed by atoms with Crippen molar-refractivity contribution in [3.8, 4) is 0 Å². The van der Waals surface area contributed by atoms with Crippen LogP contribution in [-0.2, 0) is 6.54 Å². The van der Waals surface area contributed by atoms with E-state index in [2.05, 4.69) is 15.6 Å². The van der Waals surface area contributed by atoms with Gasteiger partial charge in [-0.05, 0) is 36.6 Å². The van der Waals surface area contributed by atoms with Crippen molar-refractivity contribution in [2.45, 2.75) is 25.4 Å². The average Bonchev–Trinajstić information content (AvgIpc) is 3.37. The van der Waals surface area contributed by atoms with E-state index in [-0.39, 0.29) is 35.9 Å². The number of benzene rings is 1. The monoisotopic (exact) mass is 368 g/mol. The van der Waals surface area contributed by atoms with Gasteiger partial charge in [-0.3, -0.25) is 14.0 Å². The Balaban J connectivity index is 1.60. The molecule has 1 fully saturated rings. The molecule has 2 N–H and O–H groups in total. The van der Waals surface area contributed by atoms with Crippen LogP contribution in [0.15, 0.2) is 48.7 Å². The Morgan fingerprint density at radius 1 is 1.12 bits per heavy atom. The fourth-order valence-electron chi connectivity index (χ4n) is 2.74. The fraction of sp³-hybridized carbons (Fsp3) is 0.211. The Hall–Kier alpha value is -2.86. The molecule has 0 radical (unpaired) electrons. The number of halogens is 1. The molecule has 0 unspecified atom stereocenters. The smallest absolute Gasteiger partial charge is 0.287 e. The van der Waals surface area contributed by atoms with Crippen LogP contribution in [0.25, 0.3) is 5.52 Å². The summed E-state index contributed by atoms with van der Waals surface area (Å²) < 4.78 is 1.63. The summed E-state index contributed by atoms with van der Waals surface area (Å²) in [4.78, 5) is 29.4. The van der Waals surface area contributed by atoms with Gasteiger partial charge >= 0.3 is 0 Å². The van der Waals surface area contributed by atoms with Gasteiger partial charge in [0.2, 0.25) is 5.82 Å². The van der Waals surface area contributed by atoms with E-state index in [0.29, 0.717) is 10.5 Å². The van der Waals surface area contributed by atoms with E-state index in [1.54, 1.807) is 28.8 Å². The molecule has 2 amide bonds. The third-order valence-electron chi connectivity index (χ3n) is 4.28. The molecule has 7 heteroatoms. The molecule has 26 heavy (non-hydrogen) atoms. The highest BCUT2D eigenvalue weighted by Gasteiger charge is 2.27. The molecular weight excluding hydrogens is 352 g/mol. The summed E-state index contributed by atoms with van der Waals surface area (Å²) in [7, 11) is 0. The fourth-order valence-corrected chi connectivity index (χ4v) is 2.95. The number of amides is 2. The molecule has 1 saturated carbocycles. The third-order valence-corrected chi connectivity index (χ3v) is 4.65. The second-order valence-electron chi connectivity index (χ2n) is 6.26. The number of carbonyl (C=O) groups excluding carboxylic acids is 2. The molecule has 0 bridgehead atoms. The summed E-state index contributed by atoms with van der Waals surface area (Å²) in [5, 5.41) is 6.32. The molecule has 2 aromatic heterocycles. The zero-order chi connectivity index (χ0) is 18.1. The minimum Gasteiger partial charge on any atom is -0.348 e. The lowest BCUT2D eigenvalue weighted by molar-refractivity contribution is 0.0940. The molecule has 2 heterocycles. The maximum absolute atomic E-state index is 12.6. The molecule has 0 saturated heterocycles. The van der Waals surface area contributed by atoms with Gasteiger partial charge in [0.15, 0.2) is 5.69 Å². The Kier molecular flexibility index (Phi) is 4.34. The lowest BCUT2D eigenvalue weighted by atomic mass is 10.2. The Morgan fingerprint density at radius 3 is 2.65 bits per heavy atom. The van der Waals surface area contributed by atoms with Crippen molar-refractivity contribution in [3.63, 3.8) is 0 Å². The summed E-state index contributed by atoms with van der Waals surface area (Å²) >= 11 is 6.12. The van der Waals surface area contributed by atoms with Crippen molar-refractivity contribution >= 4 is 28.9 Å². The van der Waals surface area contributed by atoms with Gasteiger partial charge in [0.1, 0.15) is 0 Å². The van der Waals surface area contributed by atoms with Crippen LogP contribution in [0.1, 0.15) is 39.5 Å². The Labute approximate surface area is 155 Å². The highest BCUT2D eigenvalue weighted by Crippen LogP contribution is 2.21. The summed E-state index contributed by atoms with van der Waals surface area (Å²) in [6.45, 7) is 0.282. The number of rotatable bonds is 5. The number of imidazole rings is 1. The molecule has 6 nitrogen and oxygen atoms in total. The number of nitrogens with zero attached hydrogens (tertiary/aromatic N) is 2. The Bertz CT molecular complexity index is 994. The molecule has 3 aromatic rings. The average molecular weight is 369 g/mol. The van der Waals surface area contributed by atoms with Gasteiger partial charge in [0.05, 0.1) is 5.52 Å². The van der Waals surface area contributed by atoms with Crippen molar-refractivity contribution in [2.75, 3.05) is 0 Å². The van der Waals surface area contributed by atoms with Crippen LogP contribution in [-0.4, -0.2) is 27.2 Å². The van der Waals surface area contributed by atoms with E-state index in [0.717, 1.165) is 18.4 Å². The van der Waals surface area contributed by atoms with Gasteiger partial charge in [-0.15, -0.1) is 0 Å². The number of fused-ring (bicyclic) bond motifs is 1. The van der Waals surface area contributed by atoms with Gasteiger partial charge in [0, 0.05) is 23.8 Å². The van der Waals surface area contributed by atoms with Crippen LogP contribution in [0.3, 0.4) is 0 Å². The second kappa shape index (κ2) is 6.80. The van der Waals surface area contributed by atoms with Crippen LogP contribution in [0.5, 0.6) is 0 Å². The summed E-state index contributed by atoms with van der Waals surface area (Å²) in [6, 6.07) is 12.9. The minimum absolute atomic E-state index is 0.175. The quantitative estimate of drug-likeness (QED) is 0.727. The summed E-state index contributed by atoms with van der Waals surface area (Å²) in [6.07, 6.45) is 3.70.